The SMILES string of the molecule is N[NH+]([O-])C1C(=O)CCCCOCCCCC1=O. The van der Waals surface area contributed by atoms with E-state index in [1.54, 1.807) is 0 Å². The van der Waals surface area contributed by atoms with Gasteiger partial charge in [0.1, 0.15) is 0 Å². The van der Waals surface area contributed by atoms with Crippen molar-refractivity contribution in [2.24, 2.45) is 5.84 Å². The molecule has 1 atom stereocenters. The average Bonchev–Trinajstić information content (AvgIpc) is 2.24. The highest BCUT2D eigenvalue weighted by molar-refractivity contribution is 6.04. The highest BCUT2D eigenvalue weighted by Crippen LogP contribution is 2.06. The summed E-state index contributed by atoms with van der Waals surface area (Å²) in [7, 11) is 0. The molecule has 0 amide bonds. The molecule has 1 fully saturated rings. The van der Waals surface area contributed by atoms with Crippen LogP contribution in [0.25, 0.3) is 0 Å². The zero-order chi connectivity index (χ0) is 12.7. The first kappa shape index (κ1) is 14.2. The lowest BCUT2D eigenvalue weighted by molar-refractivity contribution is -0.868. The Morgan fingerprint density at radius 1 is 1.06 bits per heavy atom. The molecule has 0 aliphatic carbocycles. The van der Waals surface area contributed by atoms with Crippen LogP contribution in [0.3, 0.4) is 0 Å². The molecule has 0 aromatic heterocycles. The van der Waals surface area contributed by atoms with Gasteiger partial charge in [0.2, 0.25) is 6.04 Å². The first-order valence-corrected chi connectivity index (χ1v) is 6.05. The van der Waals surface area contributed by atoms with Crippen LogP contribution in [-0.2, 0) is 14.3 Å². The van der Waals surface area contributed by atoms with Crippen LogP contribution in [-0.4, -0.2) is 30.8 Å². The Bertz CT molecular complexity index is 246. The summed E-state index contributed by atoms with van der Waals surface area (Å²) < 4.78 is 5.34. The van der Waals surface area contributed by atoms with Crippen molar-refractivity contribution in [1.29, 1.82) is 0 Å². The summed E-state index contributed by atoms with van der Waals surface area (Å²) in [6, 6.07) is -1.23. The molecule has 3 N–H and O–H groups in total. The Morgan fingerprint density at radius 2 is 1.53 bits per heavy atom. The van der Waals surface area contributed by atoms with Gasteiger partial charge >= 0.3 is 0 Å². The topological polar surface area (TPSA) is 96.9 Å². The molecule has 98 valence electrons. The van der Waals surface area contributed by atoms with E-state index in [9.17, 15) is 14.8 Å². The Morgan fingerprint density at radius 3 is 1.94 bits per heavy atom. The smallest absolute Gasteiger partial charge is 0.222 e. The summed E-state index contributed by atoms with van der Waals surface area (Å²) in [5.41, 5.74) is 0. The fourth-order valence-electron chi connectivity index (χ4n) is 1.89. The quantitative estimate of drug-likeness (QED) is 0.355. The van der Waals surface area contributed by atoms with Crippen molar-refractivity contribution >= 4 is 11.6 Å². The monoisotopic (exact) mass is 244 g/mol. The summed E-state index contributed by atoms with van der Waals surface area (Å²) in [5, 5.41) is 10.3. The minimum Gasteiger partial charge on any atom is -0.612 e. The minimum atomic E-state index is -1.23. The largest absolute Gasteiger partial charge is 0.612 e. The van der Waals surface area contributed by atoms with E-state index >= 15 is 0 Å². The Hall–Kier alpha value is -0.820. The zero-order valence-electron chi connectivity index (χ0n) is 9.94. The van der Waals surface area contributed by atoms with E-state index in [1.165, 1.54) is 0 Å². The van der Waals surface area contributed by atoms with Crippen LogP contribution in [0.5, 0.6) is 0 Å². The molecule has 0 radical (unpaired) electrons. The van der Waals surface area contributed by atoms with Gasteiger partial charge < -0.3 is 9.94 Å². The second-order valence-electron chi connectivity index (χ2n) is 4.29. The molecule has 0 spiro atoms. The molecule has 1 aliphatic heterocycles. The van der Waals surface area contributed by atoms with E-state index in [2.05, 4.69) is 0 Å². The van der Waals surface area contributed by atoms with Gasteiger partial charge in [-0.25, -0.2) is 0 Å². The van der Waals surface area contributed by atoms with Crippen molar-refractivity contribution < 1.29 is 19.5 Å². The highest BCUT2D eigenvalue weighted by atomic mass is 16.5. The number of nitrogens with one attached hydrogen (secondary N) is 1. The molecule has 1 saturated heterocycles. The van der Waals surface area contributed by atoms with Crippen LogP contribution < -0.4 is 11.0 Å². The molecule has 1 aliphatic rings. The maximum Gasteiger partial charge on any atom is 0.222 e. The molecule has 1 rings (SSSR count). The summed E-state index contributed by atoms with van der Waals surface area (Å²) >= 11 is 0. The maximum absolute atomic E-state index is 11.7. The van der Waals surface area contributed by atoms with Crippen LogP contribution >= 0.6 is 0 Å². The van der Waals surface area contributed by atoms with E-state index in [0.29, 0.717) is 26.1 Å². The molecule has 0 aromatic rings. The van der Waals surface area contributed by atoms with Crippen molar-refractivity contribution in [3.05, 3.63) is 5.21 Å². The minimum absolute atomic E-state index is 0.225. The van der Waals surface area contributed by atoms with E-state index in [1.807, 2.05) is 0 Å². The van der Waals surface area contributed by atoms with Gasteiger partial charge in [0.15, 0.2) is 11.6 Å². The van der Waals surface area contributed by atoms with Gasteiger partial charge in [0, 0.05) is 26.1 Å². The summed E-state index contributed by atoms with van der Waals surface area (Å²) in [6.07, 6.45) is 3.26. The van der Waals surface area contributed by atoms with E-state index < -0.39 is 11.2 Å². The number of hydroxylamine groups is 1. The van der Waals surface area contributed by atoms with Gasteiger partial charge in [-0.2, -0.15) is 5.84 Å². The molecule has 1 heterocycles. The predicted molar refractivity (Wildman–Crippen MR) is 60.8 cm³/mol. The van der Waals surface area contributed by atoms with Crippen molar-refractivity contribution in [3.8, 4) is 0 Å². The third-order valence-electron chi connectivity index (χ3n) is 2.85. The number of Topliss-reactive ketones (excluding diaryl/α,β-unsaturated/α-hetero) is 2. The number of rotatable bonds is 1. The summed E-state index contributed by atoms with van der Waals surface area (Å²) in [5.74, 6) is 4.43. The lowest BCUT2D eigenvalue weighted by atomic mass is 9.99. The molecule has 6 heteroatoms. The van der Waals surface area contributed by atoms with Gasteiger partial charge in [-0.3, -0.25) is 14.8 Å². The molecule has 0 aromatic carbocycles. The zero-order valence-corrected chi connectivity index (χ0v) is 9.94. The summed E-state index contributed by atoms with van der Waals surface area (Å²) in [4.78, 5) is 23.4. The lowest BCUT2D eigenvalue weighted by Crippen LogP contribution is -3.19. The molecular weight excluding hydrogens is 224 g/mol. The summed E-state index contributed by atoms with van der Waals surface area (Å²) in [6.45, 7) is 1.25. The Labute approximate surface area is 101 Å². The number of ether oxygens (including phenoxy) is 1. The number of quaternary nitrogens is 1. The predicted octanol–water partition coefficient (Wildman–Crippen LogP) is -0.880. The van der Waals surface area contributed by atoms with Gasteiger partial charge in [-0.15, -0.1) is 0 Å². The van der Waals surface area contributed by atoms with Crippen molar-refractivity contribution in [2.45, 2.75) is 44.6 Å². The highest BCUT2D eigenvalue weighted by Gasteiger charge is 2.30. The standard InChI is InChI=1S/C11H20N2O4/c12-13(16)11-9(14)5-1-3-7-17-8-4-2-6-10(11)15/h11,13H,1-8,12H2. The Balaban J connectivity index is 2.61. The second-order valence-corrected chi connectivity index (χ2v) is 4.29. The van der Waals surface area contributed by atoms with Gasteiger partial charge in [-0.05, 0) is 25.7 Å². The molecule has 0 saturated carbocycles. The van der Waals surface area contributed by atoms with E-state index in [-0.39, 0.29) is 24.4 Å². The fourth-order valence-corrected chi connectivity index (χ4v) is 1.89. The number of carbonyl (C=O) groups is 2. The van der Waals surface area contributed by atoms with Crippen LogP contribution in [0.4, 0.5) is 0 Å². The molecule has 0 bridgehead atoms. The van der Waals surface area contributed by atoms with Gasteiger partial charge in [-0.1, -0.05) is 0 Å². The van der Waals surface area contributed by atoms with Crippen LogP contribution in [0.1, 0.15) is 38.5 Å². The average molecular weight is 244 g/mol. The maximum atomic E-state index is 11.7. The third-order valence-corrected chi connectivity index (χ3v) is 2.85. The molecule has 17 heavy (non-hydrogen) atoms. The van der Waals surface area contributed by atoms with Crippen LogP contribution in [0.15, 0.2) is 0 Å². The van der Waals surface area contributed by atoms with Crippen molar-refractivity contribution in [3.63, 3.8) is 0 Å². The van der Waals surface area contributed by atoms with Crippen LogP contribution in [0.2, 0.25) is 0 Å². The first-order valence-electron chi connectivity index (χ1n) is 6.05. The van der Waals surface area contributed by atoms with Gasteiger partial charge in [0.25, 0.3) is 0 Å². The fraction of sp³-hybridized carbons (Fsp3) is 0.818. The number of nitrogens with two attached hydrogens (primary N) is 1. The second kappa shape index (κ2) is 7.50. The lowest BCUT2D eigenvalue weighted by Gasteiger charge is -2.24. The number of hydrogen-bond acceptors (Lipinski definition) is 5. The van der Waals surface area contributed by atoms with Crippen molar-refractivity contribution in [2.75, 3.05) is 13.2 Å². The molecular formula is C11H20N2O4. The number of carbonyl (C=O) groups excluding carboxylic acids is 2. The Kier molecular flexibility index (Phi) is 6.28. The molecule has 6 nitrogen and oxygen atoms in total. The van der Waals surface area contributed by atoms with Crippen LogP contribution in [0, 0.1) is 5.21 Å². The number of hydrogen-bond donors (Lipinski definition) is 2. The van der Waals surface area contributed by atoms with E-state index in [0.717, 1.165) is 12.8 Å². The van der Waals surface area contributed by atoms with Gasteiger partial charge in [0.05, 0.1) is 0 Å². The van der Waals surface area contributed by atoms with Crippen molar-refractivity contribution in [1.82, 2.24) is 0 Å². The normalized spacial score (nSPS) is 23.9. The first-order chi connectivity index (χ1) is 8.13. The van der Waals surface area contributed by atoms with E-state index in [4.69, 9.17) is 10.6 Å². The third kappa shape index (κ3) is 4.91. The molecule has 1 unspecified atom stereocenters. The number of ketones is 2.